The Hall–Kier alpha value is -1.57. The van der Waals surface area contributed by atoms with Crippen molar-refractivity contribution in [2.24, 2.45) is 4.99 Å². The zero-order valence-electron chi connectivity index (χ0n) is 13.4. The zero-order valence-corrected chi connectivity index (χ0v) is 15.1. The van der Waals surface area contributed by atoms with Crippen LogP contribution in [0, 0.1) is 6.92 Å². The molecule has 114 valence electrons. The maximum atomic E-state index is 4.92. The first kappa shape index (κ1) is 15.3. The molecule has 1 unspecified atom stereocenters. The second-order valence-electron chi connectivity index (χ2n) is 5.99. The van der Waals surface area contributed by atoms with Crippen LogP contribution in [0.5, 0.6) is 0 Å². The molecule has 1 atom stereocenters. The Bertz CT molecular complexity index is 647. The van der Waals surface area contributed by atoms with Crippen LogP contribution in [0.2, 0.25) is 0 Å². The van der Waals surface area contributed by atoms with Crippen LogP contribution in [0.1, 0.15) is 29.8 Å². The topological polar surface area (TPSA) is 15.6 Å². The van der Waals surface area contributed by atoms with Crippen LogP contribution in [0.25, 0.3) is 0 Å². The molecule has 0 aromatic heterocycles. The van der Waals surface area contributed by atoms with Gasteiger partial charge in [0.1, 0.15) is 0 Å². The van der Waals surface area contributed by atoms with Crippen LogP contribution < -0.4 is 0 Å². The number of para-hydroxylation sites is 1. The molecule has 1 aliphatic heterocycles. The third-order valence-electron chi connectivity index (χ3n) is 3.91. The van der Waals surface area contributed by atoms with E-state index in [1.165, 1.54) is 15.9 Å². The molecule has 0 N–H and O–H groups in total. The second-order valence-corrected chi connectivity index (χ2v) is 8.45. The van der Waals surface area contributed by atoms with Crippen molar-refractivity contribution in [3.8, 4) is 0 Å². The third kappa shape index (κ3) is 3.43. The molecule has 1 aliphatic rings. The molecular weight excluding hydrogens is 335 g/mol. The van der Waals surface area contributed by atoms with Gasteiger partial charge in [0.2, 0.25) is 0 Å². The van der Waals surface area contributed by atoms with Crippen LogP contribution in [0.3, 0.4) is 0 Å². The predicted octanol–water partition coefficient (Wildman–Crippen LogP) is 4.15. The van der Waals surface area contributed by atoms with E-state index in [2.05, 4.69) is 74.2 Å². The van der Waals surface area contributed by atoms with Gasteiger partial charge in [-0.15, -0.1) is 0 Å². The summed E-state index contributed by atoms with van der Waals surface area (Å²) in [6.45, 7) is 7.75. The Morgan fingerprint density at radius 3 is 2.36 bits per heavy atom. The van der Waals surface area contributed by atoms with Crippen molar-refractivity contribution >= 4 is 25.4 Å². The van der Waals surface area contributed by atoms with Gasteiger partial charge in [-0.25, -0.2) is 0 Å². The van der Waals surface area contributed by atoms with E-state index >= 15 is 0 Å². The molecule has 22 heavy (non-hydrogen) atoms. The van der Waals surface area contributed by atoms with Crippen LogP contribution in [-0.4, -0.2) is 37.2 Å². The molecule has 0 aliphatic carbocycles. The van der Waals surface area contributed by atoms with Crippen LogP contribution >= 0.6 is 0 Å². The Labute approximate surface area is 139 Å². The summed E-state index contributed by atoms with van der Waals surface area (Å²) >= 11 is 0.384. The normalized spacial score (nSPS) is 20.1. The summed E-state index contributed by atoms with van der Waals surface area (Å²) in [5.41, 5.74) is 3.84. The first-order valence-electron chi connectivity index (χ1n) is 7.77. The molecule has 2 aromatic rings. The van der Waals surface area contributed by atoms with Gasteiger partial charge in [-0.2, -0.15) is 0 Å². The van der Waals surface area contributed by atoms with E-state index in [1.54, 1.807) is 0 Å². The number of rotatable bonds is 3. The van der Waals surface area contributed by atoms with Crippen molar-refractivity contribution in [2.45, 2.75) is 31.6 Å². The molecule has 0 amide bonds. The molecule has 1 saturated heterocycles. The number of amidine groups is 1. The maximum absolute atomic E-state index is 4.92. The van der Waals surface area contributed by atoms with Crippen LogP contribution in [0.4, 0.5) is 5.69 Å². The fraction of sp³-hybridized carbons (Fsp3) is 0.316. The van der Waals surface area contributed by atoms with Crippen molar-refractivity contribution in [1.29, 1.82) is 0 Å². The molecule has 0 bridgehead atoms. The zero-order chi connectivity index (χ0) is 15.5. The number of nitrogens with zero attached hydrogens (tertiary/aromatic N) is 2. The average Bonchev–Trinajstić information content (AvgIpc) is 2.93. The van der Waals surface area contributed by atoms with Crippen molar-refractivity contribution in [2.75, 3.05) is 6.54 Å². The van der Waals surface area contributed by atoms with E-state index in [1.807, 2.05) is 6.07 Å². The number of aliphatic imine (C=N–C) groups is 1. The number of hydrogen-bond donors (Lipinski definition) is 0. The predicted molar refractivity (Wildman–Crippen MR) is 95.1 cm³/mol. The second kappa shape index (κ2) is 6.68. The van der Waals surface area contributed by atoms with Crippen LogP contribution in [0.15, 0.2) is 59.6 Å². The minimum atomic E-state index is 0.384. The fourth-order valence-electron chi connectivity index (χ4n) is 2.58. The van der Waals surface area contributed by atoms with E-state index in [0.717, 1.165) is 12.2 Å². The summed E-state index contributed by atoms with van der Waals surface area (Å²) in [6, 6.07) is 19.8. The molecule has 0 saturated carbocycles. The minimum absolute atomic E-state index is 0.384. The van der Waals surface area contributed by atoms with Gasteiger partial charge in [-0.3, -0.25) is 0 Å². The summed E-state index contributed by atoms with van der Waals surface area (Å²) in [5, 5.41) is 0. The van der Waals surface area contributed by atoms with Gasteiger partial charge in [0.05, 0.1) is 0 Å². The van der Waals surface area contributed by atoms with Crippen LogP contribution in [-0.2, 0) is 0 Å². The first-order valence-corrected chi connectivity index (χ1v) is 9.61. The van der Waals surface area contributed by atoms with Crippen molar-refractivity contribution in [1.82, 2.24) is 4.90 Å². The van der Waals surface area contributed by atoms with Gasteiger partial charge in [-0.05, 0) is 0 Å². The molecule has 0 radical (unpaired) electrons. The SMILES string of the molecule is Cc1ccc(C2CN(C(C)C)C(=Nc3ccccc3)[Se]2)cc1. The van der Waals surface area contributed by atoms with Gasteiger partial charge in [0.15, 0.2) is 0 Å². The van der Waals surface area contributed by atoms with Gasteiger partial charge in [0.25, 0.3) is 0 Å². The van der Waals surface area contributed by atoms with Gasteiger partial charge < -0.3 is 0 Å². The fourth-order valence-corrected chi connectivity index (χ4v) is 5.44. The monoisotopic (exact) mass is 358 g/mol. The van der Waals surface area contributed by atoms with E-state index in [0.29, 0.717) is 25.8 Å². The molecule has 1 heterocycles. The summed E-state index contributed by atoms with van der Waals surface area (Å²) in [7, 11) is 0. The van der Waals surface area contributed by atoms with Gasteiger partial charge >= 0.3 is 139 Å². The quantitative estimate of drug-likeness (QED) is 0.754. The molecule has 2 nitrogen and oxygen atoms in total. The standard InChI is InChI=1S/C19H22N2Se/c1-14(2)21-13-18(16-11-9-15(3)10-12-16)22-19(21)20-17-7-5-4-6-8-17/h4-12,14,18H,13H2,1-3H3. The van der Waals surface area contributed by atoms with E-state index in [-0.39, 0.29) is 0 Å². The molecule has 2 aromatic carbocycles. The third-order valence-corrected chi connectivity index (χ3v) is 6.52. The van der Waals surface area contributed by atoms with E-state index in [9.17, 15) is 0 Å². The summed E-state index contributed by atoms with van der Waals surface area (Å²) in [5.74, 6) is 0. The summed E-state index contributed by atoms with van der Waals surface area (Å²) in [4.78, 5) is 8.00. The Morgan fingerprint density at radius 1 is 1.05 bits per heavy atom. The number of aryl methyl sites for hydroxylation is 1. The molecule has 1 fully saturated rings. The van der Waals surface area contributed by atoms with Crippen molar-refractivity contribution in [3.63, 3.8) is 0 Å². The Morgan fingerprint density at radius 2 is 1.73 bits per heavy atom. The van der Waals surface area contributed by atoms with E-state index in [4.69, 9.17) is 4.99 Å². The Balaban J connectivity index is 1.87. The van der Waals surface area contributed by atoms with Crippen molar-refractivity contribution < 1.29 is 0 Å². The number of hydrogen-bond acceptors (Lipinski definition) is 1. The molecule has 3 rings (SSSR count). The van der Waals surface area contributed by atoms with Crippen molar-refractivity contribution in [3.05, 3.63) is 65.7 Å². The average molecular weight is 357 g/mol. The number of benzene rings is 2. The Kier molecular flexibility index (Phi) is 4.66. The van der Waals surface area contributed by atoms with Gasteiger partial charge in [0, 0.05) is 0 Å². The first-order chi connectivity index (χ1) is 10.6. The van der Waals surface area contributed by atoms with E-state index < -0.39 is 0 Å². The molecule has 0 spiro atoms. The van der Waals surface area contributed by atoms with Gasteiger partial charge in [-0.1, -0.05) is 0 Å². The molecule has 3 heteroatoms. The summed E-state index contributed by atoms with van der Waals surface area (Å²) < 4.78 is 1.28. The summed E-state index contributed by atoms with van der Waals surface area (Å²) in [6.07, 6.45) is 0. The molecular formula is C19H22N2Se.